The number of Topliss-reactive ketones (excluding diaryl/α,β-unsaturated/α-hetero) is 3. The number of aliphatic hydroxyl groups excluding tert-OH is 5. The number of hydrogen-bond acceptors (Lipinski definition) is 19. The number of unbranched alkanes of at least 4 members (excludes halogenated alkanes) is 4. The molecule has 1 aliphatic rings. The summed E-state index contributed by atoms with van der Waals surface area (Å²) in [4.78, 5) is 151. The quantitative estimate of drug-likeness (QED) is 0.0327. The van der Waals surface area contributed by atoms with E-state index in [0.29, 0.717) is 6.42 Å². The molecule has 0 aliphatic carbocycles. The van der Waals surface area contributed by atoms with Gasteiger partial charge in [0.1, 0.15) is 42.0 Å². The summed E-state index contributed by atoms with van der Waals surface area (Å²) in [6.45, 7) is 6.32. The maximum Gasteiger partial charge on any atom is 0.245 e. The molecule has 19 N–H and O–H groups in total. The topological polar surface area (TPSA) is 463 Å². The number of hydrogen-bond donors (Lipinski definition) is 16. The largest absolute Gasteiger partial charge is 0.396 e. The summed E-state index contributed by atoms with van der Waals surface area (Å²) in [5.74, 6) is -14.2. The summed E-state index contributed by atoms with van der Waals surface area (Å²) < 4.78 is 0. The number of rotatable bonds is 28. The Balaban J connectivity index is 3.74. The summed E-state index contributed by atoms with van der Waals surface area (Å²) in [5.41, 5.74) is 17.4. The molecule has 0 saturated carbocycles. The second-order valence-electron chi connectivity index (χ2n) is 20.6. The van der Waals surface area contributed by atoms with Gasteiger partial charge < -0.3 is 85.3 Å². The molecule has 0 radical (unpaired) electrons. The normalized spacial score (nSPS) is 24.1. The van der Waals surface area contributed by atoms with Crippen molar-refractivity contribution >= 4 is 64.6 Å². The van der Waals surface area contributed by atoms with E-state index < -0.39 is 176 Å². The standard InChI is InChI=1S/C51H91N11O16/c1-7-8-9-10-11-12-34(68)22-32(25-63)46(73)60-41(28(4)65)40(70)24-33(26-64)45(72)57-38-16-20-55-50(77)42(29(5)66)62-49(76)37(15-19-54)58-47(74)36(14-18-53)59-51(78)43(30(6)67)61-44(71)31(21-27(2)3)23-39(69)35(13-17-52)56-48(38)75/h27-33,35-38,41-43,63-67H,7-26,52-54H2,1-6H3,(H,55,77)(H,56,75)(H,57,72)(H,58,74)(H,59,78)(H,60,73)(H,61,71)(H,62,76)/t28-,29-,30-,31+,32+,33-,35+,36+,37+,38+,41+,42+,43+/m1/s1. The van der Waals surface area contributed by atoms with Crippen molar-refractivity contribution in [3.63, 3.8) is 0 Å². The third-order valence-corrected chi connectivity index (χ3v) is 13.2. The van der Waals surface area contributed by atoms with E-state index in [1.54, 1.807) is 13.8 Å². The summed E-state index contributed by atoms with van der Waals surface area (Å²) in [6, 6.07) is -11.1. The van der Waals surface area contributed by atoms with E-state index in [2.05, 4.69) is 42.5 Å². The SMILES string of the molecule is CCCCCCCC(=O)C[C@@H](CO)C(=O)N[C@H](C(=O)C[C@H](CO)C(=O)N[C@H]1CCNC(=O)[C@H]([C@@H](C)O)NC(=O)[C@H](CCN)NC(=O)[C@H](CCN)NC(=O)[C@H]([C@@H](C)O)NC(=O)[C@@H](CC(C)C)CC(=O)[C@H](CCN)NC1=O)[C@@H](C)O. The van der Waals surface area contributed by atoms with Crippen LogP contribution in [0.15, 0.2) is 0 Å². The summed E-state index contributed by atoms with van der Waals surface area (Å²) in [5, 5.41) is 71.8. The number of ketones is 3. The Morgan fingerprint density at radius 2 is 1.12 bits per heavy atom. The molecule has 27 nitrogen and oxygen atoms in total. The highest BCUT2D eigenvalue weighted by atomic mass is 16.3. The van der Waals surface area contributed by atoms with Crippen molar-refractivity contribution in [2.24, 2.45) is 40.9 Å². The average molecular weight is 1110 g/mol. The zero-order valence-electron chi connectivity index (χ0n) is 46.2. The number of amides is 8. The second kappa shape index (κ2) is 37.3. The zero-order valence-corrected chi connectivity index (χ0v) is 46.2. The first-order chi connectivity index (χ1) is 36.8. The minimum atomic E-state index is -1.71. The molecule has 0 spiro atoms. The molecule has 78 heavy (non-hydrogen) atoms. The first kappa shape index (κ1) is 70.5. The highest BCUT2D eigenvalue weighted by molar-refractivity contribution is 5.99. The van der Waals surface area contributed by atoms with E-state index in [9.17, 15) is 78.3 Å². The van der Waals surface area contributed by atoms with E-state index in [0.717, 1.165) is 25.7 Å². The van der Waals surface area contributed by atoms with Gasteiger partial charge in [-0.25, -0.2) is 0 Å². The Morgan fingerprint density at radius 1 is 0.615 bits per heavy atom. The van der Waals surface area contributed by atoms with Crippen molar-refractivity contribution in [1.29, 1.82) is 0 Å². The first-order valence-corrected chi connectivity index (χ1v) is 27.1. The molecule has 1 fully saturated rings. The number of carbonyl (C=O) groups excluding carboxylic acids is 11. The molecule has 446 valence electrons. The Morgan fingerprint density at radius 3 is 1.64 bits per heavy atom. The van der Waals surface area contributed by atoms with Gasteiger partial charge in [0.15, 0.2) is 11.6 Å². The first-order valence-electron chi connectivity index (χ1n) is 27.1. The Bertz CT molecular complexity index is 1970. The monoisotopic (exact) mass is 1110 g/mol. The van der Waals surface area contributed by atoms with Gasteiger partial charge >= 0.3 is 0 Å². The number of aliphatic hydroxyl groups is 5. The van der Waals surface area contributed by atoms with Crippen molar-refractivity contribution in [3.05, 3.63) is 0 Å². The van der Waals surface area contributed by atoms with Crippen molar-refractivity contribution in [2.45, 2.75) is 192 Å². The summed E-state index contributed by atoms with van der Waals surface area (Å²) >= 11 is 0. The molecule has 0 aromatic heterocycles. The highest BCUT2D eigenvalue weighted by Crippen LogP contribution is 2.20. The minimum absolute atomic E-state index is 0.0610. The number of carbonyl (C=O) groups is 11. The van der Waals surface area contributed by atoms with Crippen LogP contribution >= 0.6 is 0 Å². The zero-order chi connectivity index (χ0) is 59.2. The van der Waals surface area contributed by atoms with Crippen LogP contribution in [0, 0.1) is 23.7 Å². The van der Waals surface area contributed by atoms with Gasteiger partial charge in [0.05, 0.1) is 49.4 Å². The molecular weight excluding hydrogens is 1020 g/mol. The minimum Gasteiger partial charge on any atom is -0.396 e. The number of nitrogens with two attached hydrogens (primary N) is 3. The molecule has 1 heterocycles. The molecule has 8 amide bonds. The smallest absolute Gasteiger partial charge is 0.245 e. The molecular formula is C51H91N11O16. The fraction of sp³-hybridized carbons (Fsp3) is 0.784. The fourth-order valence-electron chi connectivity index (χ4n) is 8.63. The van der Waals surface area contributed by atoms with Gasteiger partial charge in [-0.3, -0.25) is 52.7 Å². The Kier molecular flexibility index (Phi) is 33.7. The Labute approximate surface area is 456 Å². The Hall–Kier alpha value is -5.55. The van der Waals surface area contributed by atoms with Crippen LogP contribution in [-0.4, -0.2) is 190 Å². The van der Waals surface area contributed by atoms with Gasteiger partial charge in [-0.05, 0) is 84.8 Å². The third-order valence-electron chi connectivity index (χ3n) is 13.2. The van der Waals surface area contributed by atoms with Crippen LogP contribution in [0.1, 0.15) is 131 Å². The lowest BCUT2D eigenvalue weighted by atomic mass is 9.88. The molecule has 1 rings (SSSR count). The predicted molar refractivity (Wildman–Crippen MR) is 284 cm³/mol. The fourth-order valence-corrected chi connectivity index (χ4v) is 8.63. The van der Waals surface area contributed by atoms with Crippen molar-refractivity contribution in [1.82, 2.24) is 42.5 Å². The van der Waals surface area contributed by atoms with Crippen LogP contribution < -0.4 is 59.7 Å². The number of nitrogens with one attached hydrogen (secondary N) is 8. The lowest BCUT2D eigenvalue weighted by molar-refractivity contribution is -0.138. The highest BCUT2D eigenvalue weighted by Gasteiger charge is 2.38. The van der Waals surface area contributed by atoms with E-state index in [4.69, 9.17) is 17.2 Å². The van der Waals surface area contributed by atoms with Gasteiger partial charge in [-0.15, -0.1) is 0 Å². The second-order valence-corrected chi connectivity index (χ2v) is 20.6. The summed E-state index contributed by atoms with van der Waals surface area (Å²) in [7, 11) is 0. The predicted octanol–water partition coefficient (Wildman–Crippen LogP) is -4.79. The van der Waals surface area contributed by atoms with Crippen LogP contribution in [0.3, 0.4) is 0 Å². The van der Waals surface area contributed by atoms with Gasteiger partial charge in [-0.1, -0.05) is 46.5 Å². The third kappa shape index (κ3) is 25.1. The molecule has 0 aromatic carbocycles. The van der Waals surface area contributed by atoms with Crippen LogP contribution in [0.4, 0.5) is 0 Å². The maximum atomic E-state index is 14.3. The molecule has 13 atom stereocenters. The van der Waals surface area contributed by atoms with E-state index in [1.165, 1.54) is 20.8 Å². The van der Waals surface area contributed by atoms with E-state index >= 15 is 0 Å². The lowest BCUT2D eigenvalue weighted by Gasteiger charge is -2.28. The van der Waals surface area contributed by atoms with Gasteiger partial charge in [0.2, 0.25) is 47.3 Å². The van der Waals surface area contributed by atoms with Gasteiger partial charge in [0, 0.05) is 38.1 Å². The molecule has 0 unspecified atom stereocenters. The van der Waals surface area contributed by atoms with E-state index in [-0.39, 0.29) is 69.9 Å². The van der Waals surface area contributed by atoms with E-state index in [1.807, 2.05) is 6.92 Å². The van der Waals surface area contributed by atoms with Crippen LogP contribution in [-0.2, 0) is 52.7 Å². The van der Waals surface area contributed by atoms with Gasteiger partial charge in [-0.2, -0.15) is 0 Å². The molecule has 0 aromatic rings. The molecule has 1 saturated heterocycles. The van der Waals surface area contributed by atoms with Crippen LogP contribution in [0.25, 0.3) is 0 Å². The summed E-state index contributed by atoms with van der Waals surface area (Å²) in [6.07, 6.45) is -2.92. The molecule has 0 bridgehead atoms. The van der Waals surface area contributed by atoms with Crippen molar-refractivity contribution in [2.75, 3.05) is 39.4 Å². The molecule has 27 heteroatoms. The van der Waals surface area contributed by atoms with Crippen molar-refractivity contribution in [3.8, 4) is 0 Å². The molecule has 1 aliphatic heterocycles. The lowest BCUT2D eigenvalue weighted by Crippen LogP contribution is -2.61. The van der Waals surface area contributed by atoms with Crippen molar-refractivity contribution < 1.29 is 78.3 Å². The van der Waals surface area contributed by atoms with Gasteiger partial charge in [0.25, 0.3) is 0 Å². The van der Waals surface area contributed by atoms with Crippen LogP contribution in [0.5, 0.6) is 0 Å². The average Bonchev–Trinajstić information content (AvgIpc) is 3.37. The van der Waals surface area contributed by atoms with Crippen LogP contribution in [0.2, 0.25) is 0 Å². The maximum absolute atomic E-state index is 14.3.